The number of carbonyl (C=O) groups is 2. The number of benzene rings is 3. The maximum Gasteiger partial charge on any atom is 0.254 e. The molecule has 5 rings (SSSR count). The molecule has 184 valence electrons. The van der Waals surface area contributed by atoms with Gasteiger partial charge in [0.05, 0.1) is 0 Å². The zero-order valence-corrected chi connectivity index (χ0v) is 21.0. The van der Waals surface area contributed by atoms with E-state index >= 15 is 0 Å². The Labute approximate surface area is 216 Å². The molecule has 0 radical (unpaired) electrons. The number of amides is 2. The Kier molecular flexibility index (Phi) is 6.96. The number of anilines is 1. The van der Waals surface area contributed by atoms with Crippen LogP contribution in [0.1, 0.15) is 15.9 Å². The Bertz CT molecular complexity index is 1340. The van der Waals surface area contributed by atoms with Gasteiger partial charge in [0.2, 0.25) is 5.91 Å². The second-order valence-corrected chi connectivity index (χ2v) is 9.59. The molecular formula is C29H29ClN4O2. The summed E-state index contributed by atoms with van der Waals surface area (Å²) in [5.74, 6) is -0.231. The average Bonchev–Trinajstić information content (AvgIpc) is 3.34. The number of rotatable bonds is 6. The highest BCUT2D eigenvalue weighted by Crippen LogP contribution is 2.23. The predicted octanol–water partition coefficient (Wildman–Crippen LogP) is 4.85. The molecule has 2 heterocycles. The molecule has 4 aromatic rings. The SMILES string of the molecule is CN(C(=O)c1ccc(Cl)cc1)C(Cc1c[nH]c2ccccc12)C(=O)N1CCN(c2ccccc2)CC1. The normalized spacial score (nSPS) is 14.6. The molecule has 1 unspecified atom stereocenters. The van der Waals surface area contributed by atoms with E-state index in [1.165, 1.54) is 0 Å². The third-order valence-electron chi connectivity index (χ3n) is 6.96. The zero-order chi connectivity index (χ0) is 25.1. The Balaban J connectivity index is 1.38. The number of hydrogen-bond donors (Lipinski definition) is 1. The van der Waals surface area contributed by atoms with Crippen molar-refractivity contribution >= 4 is 40.0 Å². The lowest BCUT2D eigenvalue weighted by Gasteiger charge is -2.39. The van der Waals surface area contributed by atoms with Gasteiger partial charge in [0.25, 0.3) is 5.91 Å². The number of nitrogens with one attached hydrogen (secondary N) is 1. The van der Waals surface area contributed by atoms with Crippen molar-refractivity contribution in [2.45, 2.75) is 12.5 Å². The number of aromatic nitrogens is 1. The molecule has 1 aliphatic rings. The van der Waals surface area contributed by atoms with E-state index in [1.807, 2.05) is 53.6 Å². The average molecular weight is 501 g/mol. The molecule has 1 aromatic heterocycles. The van der Waals surface area contributed by atoms with Crippen molar-refractivity contribution in [3.8, 4) is 0 Å². The van der Waals surface area contributed by atoms with Gasteiger partial charge in [0.15, 0.2) is 0 Å². The van der Waals surface area contributed by atoms with Crippen LogP contribution < -0.4 is 4.90 Å². The number of halogens is 1. The maximum absolute atomic E-state index is 13.9. The molecule has 1 saturated heterocycles. The molecule has 1 N–H and O–H groups in total. The maximum atomic E-state index is 13.9. The van der Waals surface area contributed by atoms with Gasteiger partial charge in [-0.05, 0) is 48.0 Å². The monoisotopic (exact) mass is 500 g/mol. The Hall–Kier alpha value is -3.77. The third-order valence-corrected chi connectivity index (χ3v) is 7.22. The first-order valence-electron chi connectivity index (χ1n) is 12.2. The lowest BCUT2D eigenvalue weighted by molar-refractivity contribution is -0.136. The lowest BCUT2D eigenvalue weighted by atomic mass is 10.0. The minimum atomic E-state index is -0.629. The highest BCUT2D eigenvalue weighted by atomic mass is 35.5. The highest BCUT2D eigenvalue weighted by Gasteiger charge is 2.33. The summed E-state index contributed by atoms with van der Waals surface area (Å²) in [6.45, 7) is 2.73. The van der Waals surface area contributed by atoms with Gasteiger partial charge in [-0.1, -0.05) is 48.0 Å². The summed E-state index contributed by atoms with van der Waals surface area (Å²) >= 11 is 6.02. The van der Waals surface area contributed by atoms with Crippen LogP contribution in [0.3, 0.4) is 0 Å². The Morgan fingerprint density at radius 2 is 1.58 bits per heavy atom. The summed E-state index contributed by atoms with van der Waals surface area (Å²) in [7, 11) is 1.72. The zero-order valence-electron chi connectivity index (χ0n) is 20.2. The smallest absolute Gasteiger partial charge is 0.254 e. The van der Waals surface area contributed by atoms with Crippen LogP contribution in [0.25, 0.3) is 10.9 Å². The summed E-state index contributed by atoms with van der Waals surface area (Å²) in [5, 5.41) is 1.63. The third kappa shape index (κ3) is 4.95. The number of fused-ring (bicyclic) bond motifs is 1. The van der Waals surface area contributed by atoms with E-state index in [0.717, 1.165) is 35.2 Å². The highest BCUT2D eigenvalue weighted by molar-refractivity contribution is 6.30. The van der Waals surface area contributed by atoms with Gasteiger partial charge in [-0.3, -0.25) is 9.59 Å². The molecule has 0 spiro atoms. The van der Waals surface area contributed by atoms with Crippen LogP contribution in [-0.2, 0) is 11.2 Å². The molecule has 1 fully saturated rings. The number of nitrogens with zero attached hydrogens (tertiary/aromatic N) is 3. The van der Waals surface area contributed by atoms with Crippen LogP contribution in [0.5, 0.6) is 0 Å². The predicted molar refractivity (Wildman–Crippen MR) is 145 cm³/mol. The number of carbonyl (C=O) groups excluding carboxylic acids is 2. The van der Waals surface area contributed by atoms with E-state index in [-0.39, 0.29) is 11.8 Å². The van der Waals surface area contributed by atoms with Gasteiger partial charge in [0.1, 0.15) is 6.04 Å². The van der Waals surface area contributed by atoms with E-state index in [4.69, 9.17) is 11.6 Å². The molecule has 1 aliphatic heterocycles. The number of para-hydroxylation sites is 2. The van der Waals surface area contributed by atoms with Crippen molar-refractivity contribution in [2.24, 2.45) is 0 Å². The van der Waals surface area contributed by atoms with Gasteiger partial charge in [-0.15, -0.1) is 0 Å². The largest absolute Gasteiger partial charge is 0.368 e. The first-order chi connectivity index (χ1) is 17.5. The second kappa shape index (κ2) is 10.5. The molecule has 7 heteroatoms. The topological polar surface area (TPSA) is 59.7 Å². The first kappa shape index (κ1) is 23.9. The fraction of sp³-hybridized carbons (Fsp3) is 0.241. The number of likely N-dealkylation sites (N-methyl/N-ethyl adjacent to an activating group) is 1. The van der Waals surface area contributed by atoms with E-state index in [0.29, 0.717) is 30.1 Å². The van der Waals surface area contributed by atoms with E-state index in [2.05, 4.69) is 22.0 Å². The number of piperazine rings is 1. The van der Waals surface area contributed by atoms with Crippen molar-refractivity contribution in [1.82, 2.24) is 14.8 Å². The lowest BCUT2D eigenvalue weighted by Crippen LogP contribution is -2.56. The molecule has 2 amide bonds. The van der Waals surface area contributed by atoms with E-state index < -0.39 is 6.04 Å². The summed E-state index contributed by atoms with van der Waals surface area (Å²) in [6.07, 6.45) is 2.37. The fourth-order valence-electron chi connectivity index (χ4n) is 4.87. The molecule has 3 aromatic carbocycles. The second-order valence-electron chi connectivity index (χ2n) is 9.15. The standard InChI is InChI=1S/C29H29ClN4O2/c1-32(28(35)21-11-13-23(30)14-12-21)27(19-22-20-31-26-10-6-5-9-25(22)26)29(36)34-17-15-33(16-18-34)24-7-3-2-4-8-24/h2-14,20,27,31H,15-19H2,1H3. The molecule has 0 aliphatic carbocycles. The summed E-state index contributed by atoms with van der Waals surface area (Å²) in [6, 6.07) is 24.4. The fourth-order valence-corrected chi connectivity index (χ4v) is 5.00. The van der Waals surface area contributed by atoms with Crippen molar-refractivity contribution in [3.05, 3.63) is 101 Å². The molecular weight excluding hydrogens is 472 g/mol. The van der Waals surface area contributed by atoms with Crippen LogP contribution in [-0.4, -0.2) is 65.9 Å². The molecule has 0 bridgehead atoms. The molecule has 36 heavy (non-hydrogen) atoms. The number of hydrogen-bond acceptors (Lipinski definition) is 3. The van der Waals surface area contributed by atoms with E-state index in [1.54, 1.807) is 36.2 Å². The van der Waals surface area contributed by atoms with Crippen molar-refractivity contribution in [1.29, 1.82) is 0 Å². The van der Waals surface area contributed by atoms with Crippen LogP contribution in [0.15, 0.2) is 85.1 Å². The minimum Gasteiger partial charge on any atom is -0.368 e. The van der Waals surface area contributed by atoms with Crippen LogP contribution in [0, 0.1) is 0 Å². The first-order valence-corrected chi connectivity index (χ1v) is 12.6. The number of H-pyrrole nitrogens is 1. The van der Waals surface area contributed by atoms with Crippen LogP contribution in [0.4, 0.5) is 5.69 Å². The van der Waals surface area contributed by atoms with Gasteiger partial charge < -0.3 is 19.7 Å². The quantitative estimate of drug-likeness (QED) is 0.411. The minimum absolute atomic E-state index is 0.0298. The van der Waals surface area contributed by atoms with Gasteiger partial charge in [-0.25, -0.2) is 0 Å². The van der Waals surface area contributed by atoms with Crippen molar-refractivity contribution < 1.29 is 9.59 Å². The van der Waals surface area contributed by atoms with Crippen LogP contribution in [0.2, 0.25) is 5.02 Å². The summed E-state index contributed by atoms with van der Waals surface area (Å²) < 4.78 is 0. The Morgan fingerprint density at radius 3 is 2.31 bits per heavy atom. The van der Waals surface area contributed by atoms with Gasteiger partial charge in [-0.2, -0.15) is 0 Å². The van der Waals surface area contributed by atoms with Crippen molar-refractivity contribution in [3.63, 3.8) is 0 Å². The summed E-state index contributed by atoms with van der Waals surface area (Å²) in [4.78, 5) is 36.4. The van der Waals surface area contributed by atoms with Gasteiger partial charge >= 0.3 is 0 Å². The van der Waals surface area contributed by atoms with Crippen molar-refractivity contribution in [2.75, 3.05) is 38.1 Å². The van der Waals surface area contributed by atoms with E-state index in [9.17, 15) is 9.59 Å². The van der Waals surface area contributed by atoms with Gasteiger partial charge in [0, 0.05) is 73.0 Å². The molecule has 0 saturated carbocycles. The molecule has 1 atom stereocenters. The summed E-state index contributed by atoms with van der Waals surface area (Å²) in [5.41, 5.74) is 3.70. The van der Waals surface area contributed by atoms with Crippen LogP contribution >= 0.6 is 11.6 Å². The Morgan fingerprint density at radius 1 is 0.917 bits per heavy atom. The molecule has 6 nitrogen and oxygen atoms in total. The number of aromatic amines is 1.